The van der Waals surface area contributed by atoms with Gasteiger partial charge in [-0.15, -0.1) is 0 Å². The van der Waals surface area contributed by atoms with Crippen LogP contribution in [0, 0.1) is 10.1 Å². The van der Waals surface area contributed by atoms with Crippen LogP contribution in [0.3, 0.4) is 0 Å². The number of sulfonamides is 1. The summed E-state index contributed by atoms with van der Waals surface area (Å²) in [7, 11) is -2.52. The van der Waals surface area contributed by atoms with Crippen molar-refractivity contribution < 1.29 is 18.1 Å². The van der Waals surface area contributed by atoms with Crippen molar-refractivity contribution in [3.8, 4) is 0 Å². The number of anilines is 2. The van der Waals surface area contributed by atoms with Crippen LogP contribution in [-0.4, -0.2) is 38.2 Å². The van der Waals surface area contributed by atoms with Crippen LogP contribution in [0.5, 0.6) is 0 Å². The van der Waals surface area contributed by atoms with E-state index in [1.165, 1.54) is 24.3 Å². The fraction of sp³-hybridized carbons (Fsp3) is 0.235. The summed E-state index contributed by atoms with van der Waals surface area (Å²) in [5.41, 5.74) is 5.04. The summed E-state index contributed by atoms with van der Waals surface area (Å²) in [5.74, 6) is 0. The molecule has 1 atom stereocenters. The molecule has 2 rings (SSSR count). The molecule has 0 saturated carbocycles. The number of nitro benzene ring substituents is 1. The molecule has 0 aliphatic heterocycles. The molecule has 2 aromatic carbocycles. The summed E-state index contributed by atoms with van der Waals surface area (Å²) in [6, 6.07) is 9.45. The highest BCUT2D eigenvalue weighted by atomic mass is 35.5. The fourth-order valence-electron chi connectivity index (χ4n) is 2.38. The number of thiocarbonyl (C=S) groups is 1. The number of ether oxygens (including phenoxy) is 1. The van der Waals surface area contributed by atoms with Gasteiger partial charge in [0.25, 0.3) is 15.7 Å². The third-order valence-electron chi connectivity index (χ3n) is 3.66. The molecule has 0 bridgehead atoms. The molecule has 1 unspecified atom stereocenters. The zero-order chi connectivity index (χ0) is 22.3. The Balaban J connectivity index is 2.18. The van der Waals surface area contributed by atoms with Gasteiger partial charge in [0.15, 0.2) is 5.11 Å². The molecule has 0 aliphatic rings. The Kier molecular flexibility index (Phi) is 8.17. The van der Waals surface area contributed by atoms with Gasteiger partial charge in [0.05, 0.1) is 22.1 Å². The molecule has 0 heterocycles. The quantitative estimate of drug-likeness (QED) is 0.246. The van der Waals surface area contributed by atoms with Crippen molar-refractivity contribution in [1.82, 2.24) is 10.7 Å². The molecule has 0 fully saturated rings. The summed E-state index contributed by atoms with van der Waals surface area (Å²) in [4.78, 5) is 10.5. The van der Waals surface area contributed by atoms with Crippen LogP contribution in [0.1, 0.15) is 6.92 Å². The summed E-state index contributed by atoms with van der Waals surface area (Å²) in [5, 5.41) is 14.9. The van der Waals surface area contributed by atoms with Crippen LogP contribution < -0.4 is 20.9 Å². The first-order chi connectivity index (χ1) is 14.1. The van der Waals surface area contributed by atoms with E-state index in [0.29, 0.717) is 11.6 Å². The summed E-state index contributed by atoms with van der Waals surface area (Å²) >= 11 is 10.9. The summed E-state index contributed by atoms with van der Waals surface area (Å²) in [6.07, 6.45) is 0. The highest BCUT2D eigenvalue weighted by Crippen LogP contribution is 2.28. The molecule has 13 heteroatoms. The number of rotatable bonds is 9. The Morgan fingerprint density at radius 2 is 2.03 bits per heavy atom. The normalized spacial score (nSPS) is 12.0. The van der Waals surface area contributed by atoms with Crippen LogP contribution in [-0.2, 0) is 14.8 Å². The molecule has 0 radical (unpaired) electrons. The molecule has 2 aromatic rings. The van der Waals surface area contributed by atoms with Crippen LogP contribution >= 0.6 is 23.8 Å². The number of nitrogens with one attached hydrogen (secondary N) is 4. The average molecular weight is 474 g/mol. The van der Waals surface area contributed by atoms with Crippen LogP contribution in [0.25, 0.3) is 0 Å². The average Bonchev–Trinajstić information content (AvgIpc) is 2.66. The van der Waals surface area contributed by atoms with Gasteiger partial charge >= 0.3 is 0 Å². The first kappa shape index (κ1) is 23.6. The lowest BCUT2D eigenvalue weighted by atomic mass is 10.3. The Morgan fingerprint density at radius 1 is 1.30 bits per heavy atom. The molecule has 30 heavy (non-hydrogen) atoms. The Bertz CT molecular complexity index is 1030. The largest absolute Gasteiger partial charge is 0.383 e. The van der Waals surface area contributed by atoms with E-state index in [9.17, 15) is 18.5 Å². The van der Waals surface area contributed by atoms with E-state index in [0.717, 1.165) is 6.07 Å². The maximum atomic E-state index is 12.6. The first-order valence-corrected chi connectivity index (χ1v) is 10.8. The molecular formula is C17H20ClN5O5S2. The van der Waals surface area contributed by atoms with Crippen molar-refractivity contribution in [2.45, 2.75) is 17.9 Å². The highest BCUT2D eigenvalue weighted by Gasteiger charge is 2.22. The van der Waals surface area contributed by atoms with Crippen molar-refractivity contribution in [3.05, 3.63) is 57.6 Å². The molecule has 0 saturated heterocycles. The maximum Gasteiger partial charge on any atom is 0.295 e. The van der Waals surface area contributed by atoms with Gasteiger partial charge in [-0.05, 0) is 49.5 Å². The lowest BCUT2D eigenvalue weighted by molar-refractivity contribution is -0.384. The standard InChI is InChI=1S/C17H20ClN5O5S2/c1-11(10-28-2)19-17(29)21-20-15-7-6-14(9-16(15)23(24)25)30(26,27)22-13-5-3-4-12(18)8-13/h3-9,11,20,22H,10H2,1-2H3,(H2,19,21,29). The number of hydrogen-bond acceptors (Lipinski definition) is 7. The van der Waals surface area contributed by atoms with Gasteiger partial charge in [-0.1, -0.05) is 17.7 Å². The van der Waals surface area contributed by atoms with Crippen LogP contribution in [0.4, 0.5) is 17.1 Å². The molecule has 10 nitrogen and oxygen atoms in total. The molecule has 0 amide bonds. The van der Waals surface area contributed by atoms with Crippen molar-refractivity contribution in [2.24, 2.45) is 0 Å². The van der Waals surface area contributed by atoms with Crippen molar-refractivity contribution in [2.75, 3.05) is 23.9 Å². The van der Waals surface area contributed by atoms with E-state index in [2.05, 4.69) is 20.9 Å². The monoisotopic (exact) mass is 473 g/mol. The second kappa shape index (κ2) is 10.4. The maximum absolute atomic E-state index is 12.6. The summed E-state index contributed by atoms with van der Waals surface area (Å²) in [6.45, 7) is 2.25. The van der Waals surface area contributed by atoms with E-state index < -0.39 is 20.6 Å². The van der Waals surface area contributed by atoms with Gasteiger partial charge in [0, 0.05) is 24.2 Å². The van der Waals surface area contributed by atoms with Gasteiger partial charge in [-0.2, -0.15) is 0 Å². The minimum Gasteiger partial charge on any atom is -0.383 e. The predicted molar refractivity (Wildman–Crippen MR) is 119 cm³/mol. The SMILES string of the molecule is COCC(C)NC(=S)NNc1ccc(S(=O)(=O)Nc2cccc(Cl)c2)cc1[N+](=O)[O-]. The number of benzene rings is 2. The Hall–Kier alpha value is -2.67. The van der Waals surface area contributed by atoms with Gasteiger partial charge in [0.2, 0.25) is 0 Å². The number of nitrogens with zero attached hydrogens (tertiary/aromatic N) is 1. The van der Waals surface area contributed by atoms with Crippen molar-refractivity contribution in [3.63, 3.8) is 0 Å². The molecular weight excluding hydrogens is 454 g/mol. The van der Waals surface area contributed by atoms with E-state index in [4.69, 9.17) is 28.6 Å². The second-order valence-electron chi connectivity index (χ2n) is 6.13. The molecule has 0 aliphatic carbocycles. The van der Waals surface area contributed by atoms with E-state index in [1.807, 2.05) is 6.92 Å². The third-order valence-corrected chi connectivity index (χ3v) is 5.49. The van der Waals surface area contributed by atoms with Gasteiger partial charge in [-0.3, -0.25) is 25.7 Å². The van der Waals surface area contributed by atoms with E-state index >= 15 is 0 Å². The lowest BCUT2D eigenvalue weighted by Gasteiger charge is -2.17. The number of nitro groups is 1. The van der Waals surface area contributed by atoms with Crippen LogP contribution in [0.2, 0.25) is 5.02 Å². The number of halogens is 1. The van der Waals surface area contributed by atoms with Crippen molar-refractivity contribution in [1.29, 1.82) is 0 Å². The minimum absolute atomic E-state index is 0.0326. The third kappa shape index (κ3) is 6.69. The summed E-state index contributed by atoms with van der Waals surface area (Å²) < 4.78 is 32.5. The Morgan fingerprint density at radius 3 is 2.67 bits per heavy atom. The van der Waals surface area contributed by atoms with E-state index in [1.54, 1.807) is 19.2 Å². The lowest BCUT2D eigenvalue weighted by Crippen LogP contribution is -2.44. The minimum atomic E-state index is -4.07. The van der Waals surface area contributed by atoms with Crippen LogP contribution in [0.15, 0.2) is 47.4 Å². The molecule has 162 valence electrons. The van der Waals surface area contributed by atoms with Crippen molar-refractivity contribution >= 4 is 56.0 Å². The second-order valence-corrected chi connectivity index (χ2v) is 8.66. The number of hydrogen-bond donors (Lipinski definition) is 4. The first-order valence-electron chi connectivity index (χ1n) is 8.50. The molecule has 0 spiro atoms. The smallest absolute Gasteiger partial charge is 0.295 e. The Labute approximate surface area is 184 Å². The highest BCUT2D eigenvalue weighted by molar-refractivity contribution is 7.92. The predicted octanol–water partition coefficient (Wildman–Crippen LogP) is 2.87. The number of hydrazine groups is 1. The number of methoxy groups -OCH3 is 1. The molecule has 4 N–H and O–H groups in total. The fourth-order valence-corrected chi connectivity index (χ4v) is 3.89. The van der Waals surface area contributed by atoms with E-state index in [-0.39, 0.29) is 27.4 Å². The zero-order valence-corrected chi connectivity index (χ0v) is 18.4. The van der Waals surface area contributed by atoms with Gasteiger partial charge in [-0.25, -0.2) is 8.42 Å². The molecule has 0 aromatic heterocycles. The topological polar surface area (TPSA) is 135 Å². The zero-order valence-electron chi connectivity index (χ0n) is 16.0. The van der Waals surface area contributed by atoms with Gasteiger partial charge in [0.1, 0.15) is 5.69 Å². The van der Waals surface area contributed by atoms with Gasteiger partial charge < -0.3 is 10.1 Å².